The Hall–Kier alpha value is -0.870. The van der Waals surface area contributed by atoms with Gasteiger partial charge in [-0.15, -0.1) is 0 Å². The first-order chi connectivity index (χ1) is 8.28. The predicted molar refractivity (Wildman–Crippen MR) is 68.1 cm³/mol. The summed E-state index contributed by atoms with van der Waals surface area (Å²) in [7, 11) is 1.97. The molecule has 1 aliphatic rings. The maximum atomic E-state index is 5.74. The van der Waals surface area contributed by atoms with Crippen molar-refractivity contribution in [2.75, 3.05) is 26.7 Å². The van der Waals surface area contributed by atoms with Gasteiger partial charge in [-0.25, -0.2) is 4.98 Å². The molecule has 0 amide bonds. The Morgan fingerprint density at radius 2 is 2.24 bits per heavy atom. The largest absolute Gasteiger partial charge is 0.446 e. The fraction of sp³-hybridized carbons (Fsp3) is 0.769. The van der Waals surface area contributed by atoms with Crippen molar-refractivity contribution in [1.82, 2.24) is 15.2 Å². The van der Waals surface area contributed by atoms with Crippen molar-refractivity contribution in [3.05, 3.63) is 17.8 Å². The second kappa shape index (κ2) is 6.17. The lowest BCUT2D eigenvalue weighted by Crippen LogP contribution is -2.23. The zero-order valence-corrected chi connectivity index (χ0v) is 10.9. The number of hydrogen-bond donors (Lipinski definition) is 1. The Morgan fingerprint density at radius 1 is 1.47 bits per heavy atom. The SMILES string of the molecule is CNC(C)Cc1cnc(CCN2CCCC2)o1. The van der Waals surface area contributed by atoms with E-state index >= 15 is 0 Å². The first-order valence-corrected chi connectivity index (χ1v) is 6.61. The molecule has 2 heterocycles. The highest BCUT2D eigenvalue weighted by Crippen LogP contribution is 2.11. The summed E-state index contributed by atoms with van der Waals surface area (Å²) in [6, 6.07) is 0.439. The number of nitrogens with one attached hydrogen (secondary N) is 1. The first kappa shape index (κ1) is 12.6. The van der Waals surface area contributed by atoms with Crippen LogP contribution in [0.1, 0.15) is 31.4 Å². The monoisotopic (exact) mass is 237 g/mol. The molecule has 4 heteroatoms. The number of hydrogen-bond acceptors (Lipinski definition) is 4. The summed E-state index contributed by atoms with van der Waals surface area (Å²) in [6.45, 7) is 5.71. The topological polar surface area (TPSA) is 41.3 Å². The number of likely N-dealkylation sites (tertiary alicyclic amines) is 1. The van der Waals surface area contributed by atoms with Gasteiger partial charge in [-0.2, -0.15) is 0 Å². The molecule has 4 nitrogen and oxygen atoms in total. The van der Waals surface area contributed by atoms with E-state index in [1.165, 1.54) is 25.9 Å². The molecule has 0 saturated carbocycles. The molecule has 0 spiro atoms. The Bertz CT molecular complexity index is 331. The van der Waals surface area contributed by atoms with Crippen LogP contribution in [0.5, 0.6) is 0 Å². The van der Waals surface area contributed by atoms with Crippen molar-refractivity contribution in [3.63, 3.8) is 0 Å². The molecule has 2 rings (SSSR count). The number of oxazole rings is 1. The highest BCUT2D eigenvalue weighted by Gasteiger charge is 2.13. The van der Waals surface area contributed by atoms with Crippen LogP contribution in [0.25, 0.3) is 0 Å². The smallest absolute Gasteiger partial charge is 0.195 e. The molecule has 1 aromatic heterocycles. The number of likely N-dealkylation sites (N-methyl/N-ethyl adjacent to an activating group) is 1. The van der Waals surface area contributed by atoms with E-state index in [0.29, 0.717) is 6.04 Å². The second-order valence-corrected chi connectivity index (χ2v) is 4.91. The van der Waals surface area contributed by atoms with Crippen LogP contribution in [0, 0.1) is 0 Å². The molecule has 1 aliphatic heterocycles. The molecule has 17 heavy (non-hydrogen) atoms. The molecule has 0 bridgehead atoms. The van der Waals surface area contributed by atoms with Gasteiger partial charge < -0.3 is 14.6 Å². The van der Waals surface area contributed by atoms with Crippen molar-refractivity contribution in [1.29, 1.82) is 0 Å². The summed E-state index contributed by atoms with van der Waals surface area (Å²) in [6.07, 6.45) is 6.40. The molecular formula is C13H23N3O. The molecule has 96 valence electrons. The highest BCUT2D eigenvalue weighted by molar-refractivity contribution is 4.97. The van der Waals surface area contributed by atoms with Gasteiger partial charge in [0.15, 0.2) is 5.89 Å². The standard InChI is InChI=1S/C13H23N3O/c1-11(14-2)9-12-10-15-13(17-12)5-8-16-6-3-4-7-16/h10-11,14H,3-9H2,1-2H3. The lowest BCUT2D eigenvalue weighted by atomic mass is 10.2. The van der Waals surface area contributed by atoms with Crippen LogP contribution in [-0.2, 0) is 12.8 Å². The maximum absolute atomic E-state index is 5.74. The van der Waals surface area contributed by atoms with Gasteiger partial charge in [0.05, 0.1) is 6.20 Å². The molecule has 1 unspecified atom stereocenters. The van der Waals surface area contributed by atoms with Gasteiger partial charge in [0, 0.05) is 25.4 Å². The number of rotatable bonds is 6. The molecule has 0 aliphatic carbocycles. The molecule has 1 atom stereocenters. The third kappa shape index (κ3) is 3.82. The van der Waals surface area contributed by atoms with Crippen LogP contribution >= 0.6 is 0 Å². The van der Waals surface area contributed by atoms with Gasteiger partial charge in [0.2, 0.25) is 0 Å². The fourth-order valence-electron chi connectivity index (χ4n) is 2.22. The van der Waals surface area contributed by atoms with Crippen molar-refractivity contribution < 1.29 is 4.42 Å². The van der Waals surface area contributed by atoms with E-state index in [9.17, 15) is 0 Å². The minimum Gasteiger partial charge on any atom is -0.446 e. The van der Waals surface area contributed by atoms with E-state index in [1.54, 1.807) is 0 Å². The summed E-state index contributed by atoms with van der Waals surface area (Å²) in [5, 5.41) is 3.20. The van der Waals surface area contributed by atoms with E-state index in [4.69, 9.17) is 4.42 Å². The molecule has 1 N–H and O–H groups in total. The van der Waals surface area contributed by atoms with Crippen LogP contribution < -0.4 is 5.32 Å². The Balaban J connectivity index is 1.77. The maximum Gasteiger partial charge on any atom is 0.195 e. The van der Waals surface area contributed by atoms with E-state index in [-0.39, 0.29) is 0 Å². The van der Waals surface area contributed by atoms with Crippen molar-refractivity contribution >= 4 is 0 Å². The van der Waals surface area contributed by atoms with Gasteiger partial charge in [-0.05, 0) is 39.9 Å². The molecule has 0 radical (unpaired) electrons. The van der Waals surface area contributed by atoms with Gasteiger partial charge in [-0.3, -0.25) is 0 Å². The van der Waals surface area contributed by atoms with Crippen LogP contribution in [0.2, 0.25) is 0 Å². The summed E-state index contributed by atoms with van der Waals surface area (Å²) in [5.74, 6) is 1.87. The zero-order chi connectivity index (χ0) is 12.1. The Kier molecular flexibility index (Phi) is 4.57. The quantitative estimate of drug-likeness (QED) is 0.813. The summed E-state index contributed by atoms with van der Waals surface area (Å²) in [5.41, 5.74) is 0. The van der Waals surface area contributed by atoms with Gasteiger partial charge in [0.25, 0.3) is 0 Å². The molecule has 1 saturated heterocycles. The van der Waals surface area contributed by atoms with Crippen LogP contribution in [0.3, 0.4) is 0 Å². The van der Waals surface area contributed by atoms with Crippen molar-refractivity contribution in [2.24, 2.45) is 0 Å². The predicted octanol–water partition coefficient (Wildman–Crippen LogP) is 1.46. The number of aromatic nitrogens is 1. The summed E-state index contributed by atoms with van der Waals surface area (Å²) in [4.78, 5) is 6.83. The van der Waals surface area contributed by atoms with E-state index in [1.807, 2.05) is 13.2 Å². The minimum atomic E-state index is 0.439. The third-order valence-electron chi connectivity index (χ3n) is 3.44. The van der Waals surface area contributed by atoms with Crippen molar-refractivity contribution in [2.45, 2.75) is 38.6 Å². The van der Waals surface area contributed by atoms with Gasteiger partial charge >= 0.3 is 0 Å². The lowest BCUT2D eigenvalue weighted by Gasteiger charge is -2.12. The molecule has 1 aromatic rings. The normalized spacial score (nSPS) is 18.7. The summed E-state index contributed by atoms with van der Waals surface area (Å²) < 4.78 is 5.74. The summed E-state index contributed by atoms with van der Waals surface area (Å²) >= 11 is 0. The average Bonchev–Trinajstić information content (AvgIpc) is 2.97. The van der Waals surface area contributed by atoms with E-state index in [2.05, 4.69) is 22.1 Å². The Labute approximate surface area is 103 Å². The zero-order valence-electron chi connectivity index (χ0n) is 10.9. The third-order valence-corrected chi connectivity index (χ3v) is 3.44. The molecule has 1 fully saturated rings. The fourth-order valence-corrected chi connectivity index (χ4v) is 2.22. The van der Waals surface area contributed by atoms with E-state index in [0.717, 1.165) is 31.0 Å². The first-order valence-electron chi connectivity index (χ1n) is 6.61. The van der Waals surface area contributed by atoms with Gasteiger partial charge in [0.1, 0.15) is 5.76 Å². The van der Waals surface area contributed by atoms with E-state index < -0.39 is 0 Å². The molecular weight excluding hydrogens is 214 g/mol. The molecule has 0 aromatic carbocycles. The highest BCUT2D eigenvalue weighted by atomic mass is 16.4. The average molecular weight is 237 g/mol. The Morgan fingerprint density at radius 3 is 2.94 bits per heavy atom. The van der Waals surface area contributed by atoms with Gasteiger partial charge in [-0.1, -0.05) is 0 Å². The van der Waals surface area contributed by atoms with Crippen LogP contribution in [0.15, 0.2) is 10.6 Å². The second-order valence-electron chi connectivity index (χ2n) is 4.91. The van der Waals surface area contributed by atoms with Crippen molar-refractivity contribution in [3.8, 4) is 0 Å². The van der Waals surface area contributed by atoms with Crippen LogP contribution in [0.4, 0.5) is 0 Å². The minimum absolute atomic E-state index is 0.439. The number of nitrogens with zero attached hydrogens (tertiary/aromatic N) is 2. The lowest BCUT2D eigenvalue weighted by molar-refractivity contribution is 0.324. The van der Waals surface area contributed by atoms with Crippen LogP contribution in [-0.4, -0.2) is 42.6 Å².